The molecule has 0 bridgehead atoms. The Kier molecular flexibility index (Phi) is 3.19. The average Bonchev–Trinajstić information content (AvgIpc) is 2.79. The molecule has 0 atom stereocenters. The third kappa shape index (κ3) is 2.59. The van der Waals surface area contributed by atoms with Crippen LogP contribution in [0.1, 0.15) is 42.5 Å². The Hall–Kier alpha value is -1.55. The number of ether oxygens (including phenoxy) is 2. The highest BCUT2D eigenvalue weighted by Crippen LogP contribution is 2.32. The van der Waals surface area contributed by atoms with E-state index in [1.54, 1.807) is 18.2 Å². The lowest BCUT2D eigenvalue weighted by molar-refractivity contribution is -0.0339. The Bertz CT molecular complexity index is 489. The zero-order valence-corrected chi connectivity index (χ0v) is 10.9. The van der Waals surface area contributed by atoms with E-state index in [4.69, 9.17) is 9.47 Å². The van der Waals surface area contributed by atoms with Gasteiger partial charge in [-0.05, 0) is 25.0 Å². The number of Topliss-reactive ketones (excluding diaryl/α,β-unsaturated/α-hetero) is 1. The van der Waals surface area contributed by atoms with E-state index in [1.807, 2.05) is 0 Å². The largest absolute Gasteiger partial charge is 0.490 e. The summed E-state index contributed by atoms with van der Waals surface area (Å²) in [6.45, 7) is 0.419. The SMILES string of the molecule is O=C1COc2cc(OCC3(O)CCCCC3)ccc21. The van der Waals surface area contributed by atoms with Gasteiger partial charge < -0.3 is 14.6 Å². The van der Waals surface area contributed by atoms with E-state index in [9.17, 15) is 9.90 Å². The number of hydrogen-bond acceptors (Lipinski definition) is 4. The quantitative estimate of drug-likeness (QED) is 0.908. The minimum atomic E-state index is -0.700. The lowest BCUT2D eigenvalue weighted by Gasteiger charge is -2.31. The van der Waals surface area contributed by atoms with Gasteiger partial charge in [0.2, 0.25) is 5.78 Å². The molecule has 0 aromatic heterocycles. The second kappa shape index (κ2) is 4.85. The van der Waals surface area contributed by atoms with Gasteiger partial charge in [-0.2, -0.15) is 0 Å². The lowest BCUT2D eigenvalue weighted by Crippen LogP contribution is -2.37. The summed E-state index contributed by atoms with van der Waals surface area (Å²) in [5.41, 5.74) is -0.0859. The van der Waals surface area contributed by atoms with Crippen molar-refractivity contribution < 1.29 is 19.4 Å². The molecule has 1 N–H and O–H groups in total. The topological polar surface area (TPSA) is 55.8 Å². The van der Waals surface area contributed by atoms with Crippen LogP contribution >= 0.6 is 0 Å². The van der Waals surface area contributed by atoms with Gasteiger partial charge in [0.1, 0.15) is 18.1 Å². The van der Waals surface area contributed by atoms with Gasteiger partial charge in [-0.1, -0.05) is 19.3 Å². The number of aliphatic hydroxyl groups is 1. The lowest BCUT2D eigenvalue weighted by atomic mass is 9.85. The highest BCUT2D eigenvalue weighted by Gasteiger charge is 2.30. The first-order valence-corrected chi connectivity index (χ1v) is 6.82. The molecular formula is C15H18O4. The highest BCUT2D eigenvalue weighted by atomic mass is 16.5. The maximum atomic E-state index is 11.4. The van der Waals surface area contributed by atoms with Crippen molar-refractivity contribution in [2.75, 3.05) is 13.2 Å². The summed E-state index contributed by atoms with van der Waals surface area (Å²) in [5.74, 6) is 1.23. The fourth-order valence-corrected chi connectivity index (χ4v) is 2.74. The summed E-state index contributed by atoms with van der Waals surface area (Å²) < 4.78 is 10.9. The number of ketones is 1. The summed E-state index contributed by atoms with van der Waals surface area (Å²) in [7, 11) is 0. The molecule has 19 heavy (non-hydrogen) atoms. The molecule has 0 spiro atoms. The number of rotatable bonds is 3. The van der Waals surface area contributed by atoms with E-state index in [0.717, 1.165) is 25.7 Å². The minimum Gasteiger partial charge on any atom is -0.490 e. The molecule has 3 rings (SSSR count). The van der Waals surface area contributed by atoms with Crippen LogP contribution in [0.4, 0.5) is 0 Å². The molecule has 1 saturated carbocycles. The van der Waals surface area contributed by atoms with Crippen LogP contribution in [-0.2, 0) is 0 Å². The van der Waals surface area contributed by atoms with Gasteiger partial charge in [0.15, 0.2) is 6.61 Å². The third-order valence-corrected chi connectivity index (χ3v) is 3.90. The first-order chi connectivity index (χ1) is 9.16. The molecule has 0 radical (unpaired) electrons. The second-order valence-corrected chi connectivity index (χ2v) is 5.44. The normalized spacial score (nSPS) is 20.8. The van der Waals surface area contributed by atoms with Gasteiger partial charge in [-0.15, -0.1) is 0 Å². The van der Waals surface area contributed by atoms with Gasteiger partial charge in [-0.3, -0.25) is 4.79 Å². The molecule has 1 heterocycles. The number of hydrogen-bond donors (Lipinski definition) is 1. The summed E-state index contributed by atoms with van der Waals surface area (Å²) in [6.07, 6.45) is 4.90. The van der Waals surface area contributed by atoms with Gasteiger partial charge in [0.05, 0.1) is 11.2 Å². The monoisotopic (exact) mass is 262 g/mol. The van der Waals surface area contributed by atoms with Crippen molar-refractivity contribution in [3.05, 3.63) is 23.8 Å². The van der Waals surface area contributed by atoms with Crippen molar-refractivity contribution in [1.82, 2.24) is 0 Å². The van der Waals surface area contributed by atoms with E-state index >= 15 is 0 Å². The first kappa shape index (κ1) is 12.5. The Morgan fingerprint density at radius 2 is 2.05 bits per heavy atom. The van der Waals surface area contributed by atoms with Gasteiger partial charge in [0, 0.05) is 6.07 Å². The molecule has 1 fully saturated rings. The molecule has 1 aliphatic heterocycles. The van der Waals surface area contributed by atoms with Crippen LogP contribution in [0.15, 0.2) is 18.2 Å². The summed E-state index contributed by atoms with van der Waals surface area (Å²) >= 11 is 0. The molecule has 0 unspecified atom stereocenters. The third-order valence-electron chi connectivity index (χ3n) is 3.90. The Balaban J connectivity index is 1.66. The van der Waals surface area contributed by atoms with Crippen molar-refractivity contribution in [2.45, 2.75) is 37.7 Å². The maximum Gasteiger partial charge on any atom is 0.203 e. The predicted octanol–water partition coefficient (Wildman–Crippen LogP) is 2.34. The fraction of sp³-hybridized carbons (Fsp3) is 0.533. The molecule has 0 saturated heterocycles. The standard InChI is InChI=1S/C15H18O4/c16-13-9-18-14-8-11(4-5-12(13)14)19-10-15(17)6-2-1-3-7-15/h4-5,8,17H,1-3,6-7,9-10H2. The Morgan fingerprint density at radius 3 is 2.84 bits per heavy atom. The molecule has 2 aliphatic rings. The number of carbonyl (C=O) groups excluding carboxylic acids is 1. The van der Waals surface area contributed by atoms with Crippen molar-refractivity contribution in [3.63, 3.8) is 0 Å². The van der Waals surface area contributed by atoms with Gasteiger partial charge >= 0.3 is 0 Å². The van der Waals surface area contributed by atoms with Crippen molar-refractivity contribution in [3.8, 4) is 11.5 Å². The van der Waals surface area contributed by atoms with E-state index in [2.05, 4.69) is 0 Å². The molecule has 102 valence electrons. The van der Waals surface area contributed by atoms with Crippen LogP contribution in [0.25, 0.3) is 0 Å². The van der Waals surface area contributed by atoms with Crippen molar-refractivity contribution in [2.24, 2.45) is 0 Å². The predicted molar refractivity (Wildman–Crippen MR) is 69.8 cm³/mol. The van der Waals surface area contributed by atoms with Crippen LogP contribution < -0.4 is 9.47 Å². The van der Waals surface area contributed by atoms with Gasteiger partial charge in [0.25, 0.3) is 0 Å². The highest BCUT2D eigenvalue weighted by molar-refractivity contribution is 6.02. The molecule has 1 aromatic carbocycles. The molecule has 0 amide bonds. The number of benzene rings is 1. The molecule has 4 heteroatoms. The number of fused-ring (bicyclic) bond motifs is 1. The fourth-order valence-electron chi connectivity index (χ4n) is 2.74. The molecular weight excluding hydrogens is 244 g/mol. The zero-order chi connectivity index (χ0) is 13.3. The average molecular weight is 262 g/mol. The van der Waals surface area contributed by atoms with E-state index in [1.165, 1.54) is 6.42 Å². The summed E-state index contributed by atoms with van der Waals surface area (Å²) in [6, 6.07) is 5.22. The van der Waals surface area contributed by atoms with Gasteiger partial charge in [-0.25, -0.2) is 0 Å². The van der Waals surface area contributed by atoms with E-state index in [0.29, 0.717) is 23.7 Å². The van der Waals surface area contributed by atoms with Crippen molar-refractivity contribution >= 4 is 5.78 Å². The van der Waals surface area contributed by atoms with E-state index < -0.39 is 5.60 Å². The Morgan fingerprint density at radius 1 is 1.26 bits per heavy atom. The smallest absolute Gasteiger partial charge is 0.203 e. The van der Waals surface area contributed by atoms with Crippen molar-refractivity contribution in [1.29, 1.82) is 0 Å². The van der Waals surface area contributed by atoms with Crippen LogP contribution in [0.3, 0.4) is 0 Å². The van der Waals surface area contributed by atoms with Crippen LogP contribution in [0, 0.1) is 0 Å². The van der Waals surface area contributed by atoms with E-state index in [-0.39, 0.29) is 12.4 Å². The maximum absolute atomic E-state index is 11.4. The number of carbonyl (C=O) groups is 1. The minimum absolute atomic E-state index is 0.00691. The first-order valence-electron chi connectivity index (χ1n) is 6.82. The van der Waals surface area contributed by atoms with Crippen LogP contribution in [0.5, 0.6) is 11.5 Å². The zero-order valence-electron chi connectivity index (χ0n) is 10.9. The van der Waals surface area contributed by atoms with Crippen LogP contribution in [-0.4, -0.2) is 29.7 Å². The molecule has 1 aliphatic carbocycles. The Labute approximate surface area is 112 Å². The summed E-state index contributed by atoms with van der Waals surface area (Å²) in [4.78, 5) is 11.4. The second-order valence-electron chi connectivity index (χ2n) is 5.44. The molecule has 1 aromatic rings. The summed E-state index contributed by atoms with van der Waals surface area (Å²) in [5, 5.41) is 10.4. The molecule has 4 nitrogen and oxygen atoms in total. The van der Waals surface area contributed by atoms with Crippen LogP contribution in [0.2, 0.25) is 0 Å².